The number of benzene rings is 1. The second-order valence-corrected chi connectivity index (χ2v) is 3.87. The molecule has 0 radical (unpaired) electrons. The van der Waals surface area contributed by atoms with Crippen molar-refractivity contribution in [1.82, 2.24) is 0 Å². The fourth-order valence-corrected chi connectivity index (χ4v) is 1.51. The van der Waals surface area contributed by atoms with Crippen molar-refractivity contribution in [2.45, 2.75) is 19.4 Å². The summed E-state index contributed by atoms with van der Waals surface area (Å²) in [6.45, 7) is 1.61. The van der Waals surface area contributed by atoms with Crippen LogP contribution >= 0.6 is 0 Å². The van der Waals surface area contributed by atoms with Crippen LogP contribution in [0.15, 0.2) is 24.3 Å². The molecular formula is C11H13NO5. The SMILES string of the molecule is CC(CC(=O)O)C(O)c1ccc([N+](=O)[O-])cc1. The van der Waals surface area contributed by atoms with E-state index in [-0.39, 0.29) is 12.1 Å². The number of nitro benzene ring substituents is 1. The third kappa shape index (κ3) is 3.53. The van der Waals surface area contributed by atoms with E-state index in [1.165, 1.54) is 24.3 Å². The van der Waals surface area contributed by atoms with Gasteiger partial charge >= 0.3 is 5.97 Å². The maximum Gasteiger partial charge on any atom is 0.303 e. The smallest absolute Gasteiger partial charge is 0.303 e. The molecule has 2 N–H and O–H groups in total. The summed E-state index contributed by atoms with van der Waals surface area (Å²) >= 11 is 0. The fraction of sp³-hybridized carbons (Fsp3) is 0.364. The molecule has 6 heteroatoms. The molecule has 0 aliphatic carbocycles. The maximum atomic E-state index is 10.5. The number of aliphatic hydroxyl groups excluding tert-OH is 1. The average molecular weight is 239 g/mol. The first kappa shape index (κ1) is 13.1. The normalized spacial score (nSPS) is 14.0. The van der Waals surface area contributed by atoms with Crippen molar-refractivity contribution < 1.29 is 19.9 Å². The predicted molar refractivity (Wildman–Crippen MR) is 59.5 cm³/mol. The Balaban J connectivity index is 2.78. The first-order valence-corrected chi connectivity index (χ1v) is 5.06. The number of carbonyl (C=O) groups is 1. The molecule has 1 aromatic carbocycles. The van der Waals surface area contributed by atoms with E-state index < -0.39 is 22.9 Å². The largest absolute Gasteiger partial charge is 0.481 e. The van der Waals surface area contributed by atoms with Gasteiger partial charge in [-0.3, -0.25) is 14.9 Å². The first-order valence-electron chi connectivity index (χ1n) is 5.06. The quantitative estimate of drug-likeness (QED) is 0.602. The lowest BCUT2D eigenvalue weighted by atomic mass is 9.94. The number of rotatable bonds is 5. The minimum atomic E-state index is -0.988. The van der Waals surface area contributed by atoms with Gasteiger partial charge in [0.15, 0.2) is 0 Å². The molecule has 0 saturated heterocycles. The van der Waals surface area contributed by atoms with Crippen molar-refractivity contribution in [3.05, 3.63) is 39.9 Å². The highest BCUT2D eigenvalue weighted by molar-refractivity contribution is 5.67. The van der Waals surface area contributed by atoms with Gasteiger partial charge in [-0.2, -0.15) is 0 Å². The van der Waals surface area contributed by atoms with Gasteiger partial charge in [0.2, 0.25) is 0 Å². The number of aliphatic carboxylic acids is 1. The second kappa shape index (κ2) is 5.40. The molecule has 1 rings (SSSR count). The number of hydrogen-bond acceptors (Lipinski definition) is 4. The van der Waals surface area contributed by atoms with Crippen LogP contribution in [0.3, 0.4) is 0 Å². The summed E-state index contributed by atoms with van der Waals surface area (Å²) in [6, 6.07) is 5.43. The minimum Gasteiger partial charge on any atom is -0.481 e. The van der Waals surface area contributed by atoms with Crippen LogP contribution in [0.4, 0.5) is 5.69 Å². The van der Waals surface area contributed by atoms with Crippen LogP contribution in [0, 0.1) is 16.0 Å². The van der Waals surface area contributed by atoms with Crippen LogP contribution in [0.25, 0.3) is 0 Å². The molecular weight excluding hydrogens is 226 g/mol. The van der Waals surface area contributed by atoms with Gasteiger partial charge < -0.3 is 10.2 Å². The summed E-state index contributed by atoms with van der Waals surface area (Å²) in [6.07, 6.45) is -1.09. The Labute approximate surface area is 97.7 Å². The Bertz CT molecular complexity index is 414. The summed E-state index contributed by atoms with van der Waals surface area (Å²) in [5.74, 6) is -1.44. The van der Waals surface area contributed by atoms with Crippen molar-refractivity contribution in [2.75, 3.05) is 0 Å². The molecule has 6 nitrogen and oxygen atoms in total. The van der Waals surface area contributed by atoms with Crippen LogP contribution in [0.1, 0.15) is 25.0 Å². The number of aliphatic hydroxyl groups is 1. The van der Waals surface area contributed by atoms with Crippen LogP contribution in [0.2, 0.25) is 0 Å². The third-order valence-corrected chi connectivity index (χ3v) is 2.48. The molecule has 0 aliphatic heterocycles. The lowest BCUT2D eigenvalue weighted by Gasteiger charge is -2.17. The van der Waals surface area contributed by atoms with Gasteiger partial charge in [-0.05, 0) is 23.6 Å². The molecule has 2 atom stereocenters. The zero-order chi connectivity index (χ0) is 13.0. The molecule has 92 valence electrons. The van der Waals surface area contributed by atoms with Gasteiger partial charge in [-0.1, -0.05) is 6.92 Å². The van der Waals surface area contributed by atoms with E-state index in [2.05, 4.69) is 0 Å². The summed E-state index contributed by atoms with van der Waals surface area (Å²) in [5.41, 5.74) is 0.413. The van der Waals surface area contributed by atoms with Crippen molar-refractivity contribution >= 4 is 11.7 Å². The Morgan fingerprint density at radius 2 is 1.94 bits per heavy atom. The Morgan fingerprint density at radius 1 is 1.41 bits per heavy atom. The lowest BCUT2D eigenvalue weighted by Crippen LogP contribution is -2.13. The summed E-state index contributed by atoms with van der Waals surface area (Å²) in [5, 5.41) is 28.9. The van der Waals surface area contributed by atoms with E-state index in [1.807, 2.05) is 0 Å². The number of nitro groups is 1. The second-order valence-electron chi connectivity index (χ2n) is 3.87. The topological polar surface area (TPSA) is 101 Å². The molecule has 17 heavy (non-hydrogen) atoms. The number of non-ortho nitro benzene ring substituents is 1. The molecule has 0 saturated carbocycles. The Kier molecular flexibility index (Phi) is 4.17. The van der Waals surface area contributed by atoms with Gasteiger partial charge in [0.1, 0.15) is 0 Å². The van der Waals surface area contributed by atoms with Crippen molar-refractivity contribution in [2.24, 2.45) is 5.92 Å². The fourth-order valence-electron chi connectivity index (χ4n) is 1.51. The van der Waals surface area contributed by atoms with Gasteiger partial charge in [-0.25, -0.2) is 0 Å². The molecule has 0 fully saturated rings. The molecule has 2 unspecified atom stereocenters. The molecule has 0 aromatic heterocycles. The Morgan fingerprint density at radius 3 is 2.35 bits per heavy atom. The zero-order valence-electron chi connectivity index (χ0n) is 9.24. The average Bonchev–Trinajstić information content (AvgIpc) is 2.27. The minimum absolute atomic E-state index is 0.0631. The monoisotopic (exact) mass is 239 g/mol. The molecule has 0 spiro atoms. The predicted octanol–water partition coefficient (Wildman–Crippen LogP) is 1.74. The van der Waals surface area contributed by atoms with Crippen LogP contribution in [0.5, 0.6) is 0 Å². The summed E-state index contributed by atoms with van der Waals surface area (Å²) in [7, 11) is 0. The third-order valence-electron chi connectivity index (χ3n) is 2.48. The summed E-state index contributed by atoms with van der Waals surface area (Å²) < 4.78 is 0. The lowest BCUT2D eigenvalue weighted by molar-refractivity contribution is -0.384. The molecule has 0 amide bonds. The first-order chi connectivity index (χ1) is 7.91. The van der Waals surface area contributed by atoms with E-state index in [4.69, 9.17) is 5.11 Å². The molecule has 0 heterocycles. The summed E-state index contributed by atoms with van der Waals surface area (Å²) in [4.78, 5) is 20.4. The van der Waals surface area contributed by atoms with Gasteiger partial charge in [-0.15, -0.1) is 0 Å². The van der Waals surface area contributed by atoms with Crippen molar-refractivity contribution in [3.8, 4) is 0 Å². The van der Waals surface area contributed by atoms with Gasteiger partial charge in [0.05, 0.1) is 17.4 Å². The molecule has 0 aliphatic rings. The molecule has 0 bridgehead atoms. The van der Waals surface area contributed by atoms with Gasteiger partial charge in [0, 0.05) is 12.1 Å². The number of carboxylic acids is 1. The van der Waals surface area contributed by atoms with E-state index in [0.717, 1.165) is 0 Å². The standard InChI is InChI=1S/C11H13NO5/c1-7(6-10(13)14)11(15)8-2-4-9(5-3-8)12(16)17/h2-5,7,11,15H,6H2,1H3,(H,13,14). The zero-order valence-corrected chi connectivity index (χ0v) is 9.24. The highest BCUT2D eigenvalue weighted by Crippen LogP contribution is 2.25. The van der Waals surface area contributed by atoms with Gasteiger partial charge in [0.25, 0.3) is 5.69 Å². The van der Waals surface area contributed by atoms with E-state index >= 15 is 0 Å². The van der Waals surface area contributed by atoms with Crippen molar-refractivity contribution in [3.63, 3.8) is 0 Å². The van der Waals surface area contributed by atoms with E-state index in [0.29, 0.717) is 5.56 Å². The van der Waals surface area contributed by atoms with E-state index in [9.17, 15) is 20.0 Å². The highest BCUT2D eigenvalue weighted by atomic mass is 16.6. The maximum absolute atomic E-state index is 10.5. The molecule has 1 aromatic rings. The van der Waals surface area contributed by atoms with Crippen LogP contribution in [-0.2, 0) is 4.79 Å². The van der Waals surface area contributed by atoms with Crippen molar-refractivity contribution in [1.29, 1.82) is 0 Å². The van der Waals surface area contributed by atoms with Crippen LogP contribution < -0.4 is 0 Å². The number of carboxylic acid groups (broad SMARTS) is 1. The number of hydrogen-bond donors (Lipinski definition) is 2. The van der Waals surface area contributed by atoms with Crippen LogP contribution in [-0.4, -0.2) is 21.1 Å². The van der Waals surface area contributed by atoms with E-state index in [1.54, 1.807) is 6.92 Å². The number of nitrogens with zero attached hydrogens (tertiary/aromatic N) is 1. The Hall–Kier alpha value is -1.95. The highest BCUT2D eigenvalue weighted by Gasteiger charge is 2.19.